The van der Waals surface area contributed by atoms with Gasteiger partial charge >= 0.3 is 5.97 Å². The second-order valence-electron chi connectivity index (χ2n) is 10.6. The van der Waals surface area contributed by atoms with E-state index >= 15 is 0 Å². The Kier molecular flexibility index (Phi) is 9.52. The fraction of sp³-hybridized carbons (Fsp3) is 0.654. The summed E-state index contributed by atoms with van der Waals surface area (Å²) in [5, 5.41) is 12.1. The topological polar surface area (TPSA) is 133 Å². The average molecular weight is 522 g/mol. The lowest BCUT2D eigenvalue weighted by Gasteiger charge is -2.35. The number of nitrogens with zero attached hydrogens (tertiary/aromatic N) is 1. The van der Waals surface area contributed by atoms with Gasteiger partial charge in [-0.05, 0) is 69.4 Å². The van der Waals surface area contributed by atoms with E-state index in [4.69, 9.17) is 5.11 Å². The molecule has 10 heteroatoms. The molecule has 36 heavy (non-hydrogen) atoms. The molecular weight excluding hydrogens is 482 g/mol. The molecule has 200 valence electrons. The van der Waals surface area contributed by atoms with Gasteiger partial charge in [-0.2, -0.15) is 4.72 Å². The van der Waals surface area contributed by atoms with Crippen molar-refractivity contribution in [2.45, 2.75) is 70.2 Å². The molecule has 2 fully saturated rings. The van der Waals surface area contributed by atoms with E-state index < -0.39 is 22.0 Å². The fourth-order valence-electron chi connectivity index (χ4n) is 4.99. The van der Waals surface area contributed by atoms with Gasteiger partial charge in [0.05, 0.1) is 10.8 Å². The van der Waals surface area contributed by atoms with E-state index in [1.54, 1.807) is 17.0 Å². The number of likely N-dealkylation sites (tertiary alicyclic amines) is 1. The maximum Gasteiger partial charge on any atom is 0.306 e. The summed E-state index contributed by atoms with van der Waals surface area (Å²) in [4.78, 5) is 38.8. The zero-order chi connectivity index (χ0) is 26.5. The standard InChI is InChI=1S/C26H39N3O6S/c1-17(2)23(28-36(34,35)22-10-4-18(3)5-11-22)25(31)29-14-12-20(13-15-29)24(30)27-16-19-6-8-21(9-7-19)26(32)33/h4-5,10-11,17,19-21,23,28H,6-9,12-16H2,1-3H3,(H,27,30)(H,32,33)/t19?,21?,23-/m0/s1. The van der Waals surface area contributed by atoms with Crippen LogP contribution in [0.1, 0.15) is 57.9 Å². The smallest absolute Gasteiger partial charge is 0.306 e. The van der Waals surface area contributed by atoms with Crippen LogP contribution in [0.15, 0.2) is 29.2 Å². The van der Waals surface area contributed by atoms with Crippen molar-refractivity contribution in [3.8, 4) is 0 Å². The molecule has 0 aromatic heterocycles. The van der Waals surface area contributed by atoms with E-state index in [1.807, 2.05) is 20.8 Å². The van der Waals surface area contributed by atoms with Gasteiger partial charge in [-0.15, -0.1) is 0 Å². The number of amides is 2. The number of nitrogens with one attached hydrogen (secondary N) is 2. The molecule has 1 aliphatic carbocycles. The highest BCUT2D eigenvalue weighted by atomic mass is 32.2. The van der Waals surface area contributed by atoms with Crippen molar-refractivity contribution in [2.75, 3.05) is 19.6 Å². The molecule has 3 N–H and O–H groups in total. The second-order valence-corrected chi connectivity index (χ2v) is 12.3. The molecule has 2 amide bonds. The first-order chi connectivity index (χ1) is 17.0. The first kappa shape index (κ1) is 28.1. The number of piperidine rings is 1. The monoisotopic (exact) mass is 521 g/mol. The molecule has 1 heterocycles. The molecule has 0 radical (unpaired) electrons. The molecule has 1 aromatic carbocycles. The van der Waals surface area contributed by atoms with Crippen LogP contribution < -0.4 is 10.0 Å². The fourth-order valence-corrected chi connectivity index (χ4v) is 6.32. The van der Waals surface area contributed by atoms with Gasteiger partial charge in [0.15, 0.2) is 0 Å². The maximum absolute atomic E-state index is 13.2. The highest BCUT2D eigenvalue weighted by Crippen LogP contribution is 2.29. The quantitative estimate of drug-likeness (QED) is 0.457. The van der Waals surface area contributed by atoms with Gasteiger partial charge in [-0.3, -0.25) is 14.4 Å². The number of sulfonamides is 1. The Hall–Kier alpha value is -2.46. The third kappa shape index (κ3) is 7.29. The van der Waals surface area contributed by atoms with Crippen molar-refractivity contribution in [2.24, 2.45) is 23.7 Å². The Bertz CT molecular complexity index is 1020. The molecule has 1 atom stereocenters. The third-order valence-electron chi connectivity index (χ3n) is 7.48. The van der Waals surface area contributed by atoms with Crippen LogP contribution in [0.5, 0.6) is 0 Å². The van der Waals surface area contributed by atoms with Crippen molar-refractivity contribution in [3.05, 3.63) is 29.8 Å². The third-order valence-corrected chi connectivity index (χ3v) is 8.94. The van der Waals surface area contributed by atoms with E-state index in [1.165, 1.54) is 12.1 Å². The number of aryl methyl sites for hydroxylation is 1. The Morgan fingerprint density at radius 1 is 0.972 bits per heavy atom. The average Bonchev–Trinajstić information content (AvgIpc) is 2.86. The van der Waals surface area contributed by atoms with E-state index in [2.05, 4.69) is 10.0 Å². The lowest BCUT2D eigenvalue weighted by Crippen LogP contribution is -2.53. The van der Waals surface area contributed by atoms with Crippen molar-refractivity contribution in [1.29, 1.82) is 0 Å². The molecular formula is C26H39N3O6S. The molecule has 1 saturated heterocycles. The minimum absolute atomic E-state index is 0.0251. The summed E-state index contributed by atoms with van der Waals surface area (Å²) in [6.45, 7) is 6.85. The zero-order valence-electron chi connectivity index (χ0n) is 21.4. The molecule has 1 aromatic rings. The van der Waals surface area contributed by atoms with Crippen molar-refractivity contribution < 1.29 is 27.9 Å². The van der Waals surface area contributed by atoms with Crippen LogP contribution in [0.2, 0.25) is 0 Å². The summed E-state index contributed by atoms with van der Waals surface area (Å²) in [6, 6.07) is 5.61. The van der Waals surface area contributed by atoms with Gasteiger partial charge in [-0.1, -0.05) is 31.5 Å². The normalized spacial score (nSPS) is 22.3. The second kappa shape index (κ2) is 12.2. The van der Waals surface area contributed by atoms with E-state index in [0.29, 0.717) is 51.2 Å². The molecule has 0 bridgehead atoms. The molecule has 3 rings (SSSR count). The molecule has 9 nitrogen and oxygen atoms in total. The lowest BCUT2D eigenvalue weighted by atomic mass is 9.82. The van der Waals surface area contributed by atoms with Gasteiger partial charge in [-0.25, -0.2) is 8.42 Å². The number of benzene rings is 1. The molecule has 0 spiro atoms. The van der Waals surface area contributed by atoms with E-state index in [0.717, 1.165) is 18.4 Å². The SMILES string of the molecule is Cc1ccc(S(=O)(=O)N[C@H](C(=O)N2CCC(C(=O)NCC3CCC(C(=O)O)CC3)CC2)C(C)C)cc1. The number of hydrogen-bond acceptors (Lipinski definition) is 5. The first-order valence-corrected chi connectivity index (χ1v) is 14.3. The number of carbonyl (C=O) groups is 3. The summed E-state index contributed by atoms with van der Waals surface area (Å²) >= 11 is 0. The number of aliphatic carboxylic acids is 1. The summed E-state index contributed by atoms with van der Waals surface area (Å²) < 4.78 is 28.3. The minimum atomic E-state index is -3.85. The Balaban J connectivity index is 1.49. The molecule has 1 aliphatic heterocycles. The Morgan fingerprint density at radius 3 is 2.08 bits per heavy atom. The number of rotatable bonds is 9. The highest BCUT2D eigenvalue weighted by Gasteiger charge is 2.35. The number of carboxylic acid groups (broad SMARTS) is 1. The molecule has 1 saturated carbocycles. The summed E-state index contributed by atoms with van der Waals surface area (Å²) in [5.41, 5.74) is 0.947. The van der Waals surface area contributed by atoms with Crippen LogP contribution >= 0.6 is 0 Å². The lowest BCUT2D eigenvalue weighted by molar-refractivity contribution is -0.143. The molecule has 0 unspecified atom stereocenters. The highest BCUT2D eigenvalue weighted by molar-refractivity contribution is 7.89. The Morgan fingerprint density at radius 2 is 1.56 bits per heavy atom. The van der Waals surface area contributed by atoms with E-state index in [-0.39, 0.29) is 34.5 Å². The summed E-state index contributed by atoms with van der Waals surface area (Å²) in [7, 11) is -3.85. The van der Waals surface area contributed by atoms with Crippen LogP contribution in [-0.4, -0.2) is 61.9 Å². The van der Waals surface area contributed by atoms with Crippen LogP contribution in [0, 0.1) is 30.6 Å². The van der Waals surface area contributed by atoms with Crippen molar-refractivity contribution in [3.63, 3.8) is 0 Å². The minimum Gasteiger partial charge on any atom is -0.481 e. The number of carboxylic acids is 1. The van der Waals surface area contributed by atoms with Crippen molar-refractivity contribution >= 4 is 27.8 Å². The predicted molar refractivity (Wildman–Crippen MR) is 136 cm³/mol. The predicted octanol–water partition coefficient (Wildman–Crippen LogP) is 2.54. The van der Waals surface area contributed by atoms with Gasteiger partial charge in [0.2, 0.25) is 21.8 Å². The van der Waals surface area contributed by atoms with Gasteiger partial charge in [0, 0.05) is 25.6 Å². The van der Waals surface area contributed by atoms with Gasteiger partial charge < -0.3 is 15.3 Å². The number of carbonyl (C=O) groups excluding carboxylic acids is 2. The molecule has 2 aliphatic rings. The zero-order valence-corrected chi connectivity index (χ0v) is 22.2. The van der Waals surface area contributed by atoms with Crippen LogP contribution in [0.4, 0.5) is 0 Å². The number of hydrogen-bond donors (Lipinski definition) is 3. The van der Waals surface area contributed by atoms with Crippen LogP contribution in [0.3, 0.4) is 0 Å². The first-order valence-electron chi connectivity index (χ1n) is 12.9. The van der Waals surface area contributed by atoms with Gasteiger partial charge in [0.1, 0.15) is 6.04 Å². The maximum atomic E-state index is 13.2. The van der Waals surface area contributed by atoms with Crippen LogP contribution in [0.25, 0.3) is 0 Å². The largest absolute Gasteiger partial charge is 0.481 e. The summed E-state index contributed by atoms with van der Waals surface area (Å²) in [5.74, 6) is -1.42. The van der Waals surface area contributed by atoms with Crippen molar-refractivity contribution in [1.82, 2.24) is 14.9 Å². The van der Waals surface area contributed by atoms with Gasteiger partial charge in [0.25, 0.3) is 0 Å². The van der Waals surface area contributed by atoms with E-state index in [9.17, 15) is 22.8 Å². The Labute approximate surface area is 214 Å². The van der Waals surface area contributed by atoms with Crippen LogP contribution in [-0.2, 0) is 24.4 Å². The summed E-state index contributed by atoms with van der Waals surface area (Å²) in [6.07, 6.45) is 3.97.